The number of halogens is 3. The molecule has 0 aliphatic carbocycles. The highest BCUT2D eigenvalue weighted by Crippen LogP contribution is 2.28. The van der Waals surface area contributed by atoms with Crippen molar-refractivity contribution in [3.05, 3.63) is 36.3 Å². The van der Waals surface area contributed by atoms with Crippen molar-refractivity contribution in [2.24, 2.45) is 0 Å². The number of rotatable bonds is 7. The molecule has 3 heterocycles. The first-order valence-corrected chi connectivity index (χ1v) is 9.51. The zero-order chi connectivity index (χ0) is 21.0. The molecule has 0 saturated carbocycles. The molecule has 1 amide bonds. The maximum Gasteiger partial charge on any atom is 0.406 e. The SMILES string of the molecule is CC(C)c1cc(NC(=O)CSc2nnc(-c3ccncc3)n2CC(F)(F)F)on1. The number of hydrogen-bond donors (Lipinski definition) is 1. The standard InChI is InChI=1S/C17H17F3N6O2S/c1-10(2)12-7-14(28-25-12)22-13(27)8-29-16-24-23-15(11-3-5-21-6-4-11)26(16)9-17(18,19)20/h3-7,10H,8-9H2,1-2H3,(H,22,27). The van der Waals surface area contributed by atoms with Crippen molar-refractivity contribution in [2.75, 3.05) is 11.1 Å². The molecule has 0 saturated heterocycles. The highest BCUT2D eigenvalue weighted by molar-refractivity contribution is 7.99. The minimum Gasteiger partial charge on any atom is -0.338 e. The van der Waals surface area contributed by atoms with Gasteiger partial charge in [0.25, 0.3) is 0 Å². The molecule has 0 bridgehead atoms. The van der Waals surface area contributed by atoms with Gasteiger partial charge in [-0.2, -0.15) is 13.2 Å². The summed E-state index contributed by atoms with van der Waals surface area (Å²) in [6, 6.07) is 4.67. The van der Waals surface area contributed by atoms with E-state index >= 15 is 0 Å². The van der Waals surface area contributed by atoms with E-state index < -0.39 is 18.6 Å². The minimum atomic E-state index is -4.48. The van der Waals surface area contributed by atoms with Crippen molar-refractivity contribution in [2.45, 2.75) is 37.6 Å². The van der Waals surface area contributed by atoms with Crippen LogP contribution in [0, 0.1) is 0 Å². The largest absolute Gasteiger partial charge is 0.406 e. The predicted molar refractivity (Wildman–Crippen MR) is 99.3 cm³/mol. The Morgan fingerprint density at radius 2 is 2.00 bits per heavy atom. The van der Waals surface area contributed by atoms with Gasteiger partial charge in [0.2, 0.25) is 11.8 Å². The highest BCUT2D eigenvalue weighted by atomic mass is 32.2. The molecule has 0 aliphatic rings. The first-order chi connectivity index (χ1) is 13.7. The smallest absolute Gasteiger partial charge is 0.338 e. The molecule has 0 aromatic carbocycles. The number of nitrogens with one attached hydrogen (secondary N) is 1. The summed E-state index contributed by atoms with van der Waals surface area (Å²) in [6.45, 7) is 2.57. The second-order valence-corrected chi connectivity index (χ2v) is 7.29. The fourth-order valence-corrected chi connectivity index (χ4v) is 3.09. The van der Waals surface area contributed by atoms with Crippen LogP contribution < -0.4 is 5.32 Å². The first kappa shape index (κ1) is 20.8. The zero-order valence-corrected chi connectivity index (χ0v) is 16.3. The van der Waals surface area contributed by atoms with Gasteiger partial charge in [-0.1, -0.05) is 30.8 Å². The van der Waals surface area contributed by atoms with Gasteiger partial charge >= 0.3 is 6.18 Å². The molecule has 29 heavy (non-hydrogen) atoms. The van der Waals surface area contributed by atoms with Gasteiger partial charge in [-0.3, -0.25) is 19.7 Å². The topological polar surface area (TPSA) is 98.7 Å². The number of aromatic nitrogens is 5. The summed E-state index contributed by atoms with van der Waals surface area (Å²) in [6.07, 6.45) is -1.58. The number of nitrogens with zero attached hydrogens (tertiary/aromatic N) is 5. The Balaban J connectivity index is 1.72. The van der Waals surface area contributed by atoms with Crippen LogP contribution in [-0.4, -0.2) is 42.7 Å². The summed E-state index contributed by atoms with van der Waals surface area (Å²) in [5.41, 5.74) is 1.12. The summed E-state index contributed by atoms with van der Waals surface area (Å²) in [5, 5.41) is 14.0. The molecule has 1 N–H and O–H groups in total. The average molecular weight is 426 g/mol. The number of thioether (sulfide) groups is 1. The molecule has 0 spiro atoms. The monoisotopic (exact) mass is 426 g/mol. The molecule has 0 atom stereocenters. The van der Waals surface area contributed by atoms with E-state index in [0.717, 1.165) is 16.3 Å². The number of carbonyl (C=O) groups excluding carboxylic acids is 1. The van der Waals surface area contributed by atoms with Gasteiger partial charge in [0.15, 0.2) is 11.0 Å². The first-order valence-electron chi connectivity index (χ1n) is 8.52. The summed E-state index contributed by atoms with van der Waals surface area (Å²) in [5.74, 6) is -0.290. The Morgan fingerprint density at radius 1 is 1.28 bits per heavy atom. The lowest BCUT2D eigenvalue weighted by Crippen LogP contribution is -2.20. The Morgan fingerprint density at radius 3 is 2.62 bits per heavy atom. The van der Waals surface area contributed by atoms with Crippen LogP contribution in [0.4, 0.5) is 19.1 Å². The Bertz CT molecular complexity index is 971. The van der Waals surface area contributed by atoms with Gasteiger partial charge in [-0.15, -0.1) is 10.2 Å². The molecule has 3 aromatic heterocycles. The van der Waals surface area contributed by atoms with Crippen molar-refractivity contribution in [3.63, 3.8) is 0 Å². The zero-order valence-electron chi connectivity index (χ0n) is 15.5. The number of anilines is 1. The molecule has 0 unspecified atom stereocenters. The van der Waals surface area contributed by atoms with Crippen molar-refractivity contribution in [3.8, 4) is 11.4 Å². The van der Waals surface area contributed by atoms with E-state index in [2.05, 4.69) is 25.7 Å². The number of carbonyl (C=O) groups is 1. The van der Waals surface area contributed by atoms with E-state index in [9.17, 15) is 18.0 Å². The van der Waals surface area contributed by atoms with Crippen LogP contribution in [0.15, 0.2) is 40.3 Å². The van der Waals surface area contributed by atoms with Crippen LogP contribution in [-0.2, 0) is 11.3 Å². The van der Waals surface area contributed by atoms with Gasteiger partial charge in [0, 0.05) is 24.0 Å². The van der Waals surface area contributed by atoms with Gasteiger partial charge in [0.05, 0.1) is 11.4 Å². The highest BCUT2D eigenvalue weighted by Gasteiger charge is 2.31. The third-order valence-corrected chi connectivity index (χ3v) is 4.67. The summed E-state index contributed by atoms with van der Waals surface area (Å²) < 4.78 is 45.1. The molecule has 12 heteroatoms. The third-order valence-electron chi connectivity index (χ3n) is 3.71. The van der Waals surface area contributed by atoms with Crippen LogP contribution in [0.2, 0.25) is 0 Å². The summed E-state index contributed by atoms with van der Waals surface area (Å²) in [7, 11) is 0. The number of alkyl halides is 3. The molecular formula is C17H17F3N6O2S. The van der Waals surface area contributed by atoms with Gasteiger partial charge in [-0.25, -0.2) is 0 Å². The van der Waals surface area contributed by atoms with Crippen molar-refractivity contribution in [1.82, 2.24) is 24.9 Å². The minimum absolute atomic E-state index is 0.0234. The number of amides is 1. The fourth-order valence-electron chi connectivity index (χ4n) is 2.36. The second-order valence-electron chi connectivity index (χ2n) is 6.35. The van der Waals surface area contributed by atoms with Crippen LogP contribution in [0.5, 0.6) is 0 Å². The van der Waals surface area contributed by atoms with Crippen molar-refractivity contribution in [1.29, 1.82) is 0 Å². The van der Waals surface area contributed by atoms with E-state index in [1.165, 1.54) is 24.5 Å². The number of pyridine rings is 1. The Kier molecular flexibility index (Phi) is 6.20. The van der Waals surface area contributed by atoms with E-state index in [0.29, 0.717) is 11.3 Å². The second kappa shape index (κ2) is 8.64. The lowest BCUT2D eigenvalue weighted by atomic mass is 10.1. The Hall–Kier alpha value is -2.89. The fraction of sp³-hybridized carbons (Fsp3) is 0.353. The normalized spacial score (nSPS) is 11.8. The molecule has 0 radical (unpaired) electrons. The maximum atomic E-state index is 13.1. The summed E-state index contributed by atoms with van der Waals surface area (Å²) in [4.78, 5) is 16.0. The van der Waals surface area contributed by atoms with Gasteiger partial charge in [0.1, 0.15) is 6.54 Å². The van der Waals surface area contributed by atoms with E-state index in [-0.39, 0.29) is 28.5 Å². The van der Waals surface area contributed by atoms with Gasteiger partial charge < -0.3 is 4.52 Å². The molecule has 0 fully saturated rings. The predicted octanol–water partition coefficient (Wildman–Crippen LogP) is 3.74. The molecule has 0 aliphatic heterocycles. The van der Waals surface area contributed by atoms with Crippen LogP contribution in [0.1, 0.15) is 25.5 Å². The Labute approximate surface area is 167 Å². The maximum absolute atomic E-state index is 13.1. The van der Waals surface area contributed by atoms with Crippen molar-refractivity contribution >= 4 is 23.6 Å². The van der Waals surface area contributed by atoms with E-state index in [1.54, 1.807) is 6.07 Å². The quantitative estimate of drug-likeness (QED) is 0.575. The summed E-state index contributed by atoms with van der Waals surface area (Å²) >= 11 is 0.843. The van der Waals surface area contributed by atoms with Gasteiger partial charge in [-0.05, 0) is 18.1 Å². The van der Waals surface area contributed by atoms with E-state index in [4.69, 9.17) is 4.52 Å². The van der Waals surface area contributed by atoms with Crippen LogP contribution in [0.25, 0.3) is 11.4 Å². The molecule has 3 aromatic rings. The number of hydrogen-bond acceptors (Lipinski definition) is 7. The lowest BCUT2D eigenvalue weighted by molar-refractivity contribution is -0.141. The molecular weight excluding hydrogens is 409 g/mol. The molecule has 8 nitrogen and oxygen atoms in total. The van der Waals surface area contributed by atoms with Crippen LogP contribution >= 0.6 is 11.8 Å². The average Bonchev–Trinajstić information content (AvgIpc) is 3.27. The van der Waals surface area contributed by atoms with Crippen LogP contribution in [0.3, 0.4) is 0 Å². The third kappa shape index (κ3) is 5.56. The van der Waals surface area contributed by atoms with Crippen molar-refractivity contribution < 1.29 is 22.5 Å². The molecule has 3 rings (SSSR count). The lowest BCUT2D eigenvalue weighted by Gasteiger charge is -2.12. The molecule has 154 valence electrons. The van der Waals surface area contributed by atoms with E-state index in [1.807, 2.05) is 13.8 Å².